The molecule has 6 unspecified atom stereocenters. The van der Waals surface area contributed by atoms with Crippen LogP contribution in [0.15, 0.2) is 0 Å². The molecule has 37 heavy (non-hydrogen) atoms. The van der Waals surface area contributed by atoms with E-state index in [2.05, 4.69) is 0 Å². The van der Waals surface area contributed by atoms with Gasteiger partial charge in [0, 0.05) is 11.1 Å². The number of epoxide rings is 2. The lowest BCUT2D eigenvalue weighted by atomic mass is 9.86. The zero-order valence-corrected chi connectivity index (χ0v) is 27.3. The first-order chi connectivity index (χ1) is 17.2. The molecule has 0 amide bonds. The van der Waals surface area contributed by atoms with Crippen LogP contribution in [0.1, 0.15) is 63.9 Å². The molecule has 2 aromatic rings. The van der Waals surface area contributed by atoms with E-state index >= 15 is 0 Å². The molecule has 2 aromatic carbocycles. The van der Waals surface area contributed by atoms with Crippen LogP contribution in [0.3, 0.4) is 0 Å². The Hall–Kier alpha value is 1.22. The summed E-state index contributed by atoms with van der Waals surface area (Å²) in [6.07, 6.45) is -1.16. The van der Waals surface area contributed by atoms with Gasteiger partial charge in [0.2, 0.25) is 0 Å². The Labute approximate surface area is 265 Å². The summed E-state index contributed by atoms with van der Waals surface area (Å²) in [6, 6.07) is 0. The van der Waals surface area contributed by atoms with Crippen LogP contribution in [0.25, 0.3) is 0 Å². The normalized spacial score (nSPS) is 28.4. The molecular weight excluding hydrogens is 691 g/mol. The molecule has 0 spiro atoms. The molecular formula is C24H20Cl10O3. The molecule has 2 saturated heterocycles. The van der Waals surface area contributed by atoms with Gasteiger partial charge in [-0.1, -0.05) is 130 Å². The van der Waals surface area contributed by atoms with Crippen LogP contribution in [-0.4, -0.2) is 23.4 Å². The highest BCUT2D eigenvalue weighted by Crippen LogP contribution is 2.62. The minimum Gasteiger partial charge on any atom is -0.363 e. The lowest BCUT2D eigenvalue weighted by Gasteiger charge is -2.35. The van der Waals surface area contributed by atoms with Gasteiger partial charge in [-0.2, -0.15) is 0 Å². The van der Waals surface area contributed by atoms with Gasteiger partial charge in [-0.25, -0.2) is 0 Å². The van der Waals surface area contributed by atoms with Crippen LogP contribution in [0.2, 0.25) is 50.2 Å². The second-order valence-corrected chi connectivity index (χ2v) is 12.8. The van der Waals surface area contributed by atoms with E-state index in [1.54, 1.807) is 0 Å². The molecule has 0 aromatic heterocycles. The summed E-state index contributed by atoms with van der Waals surface area (Å²) in [4.78, 5) is 0. The van der Waals surface area contributed by atoms with Crippen molar-refractivity contribution in [3.8, 4) is 0 Å². The molecule has 0 aliphatic carbocycles. The van der Waals surface area contributed by atoms with Crippen molar-refractivity contribution in [3.63, 3.8) is 0 Å². The molecule has 0 saturated carbocycles. The predicted molar refractivity (Wildman–Crippen MR) is 157 cm³/mol. The summed E-state index contributed by atoms with van der Waals surface area (Å²) in [5, 5.41) is 0.526. The Kier molecular flexibility index (Phi) is 9.38. The Balaban J connectivity index is 2.00. The van der Waals surface area contributed by atoms with Gasteiger partial charge >= 0.3 is 0 Å². The van der Waals surface area contributed by atoms with E-state index in [1.807, 2.05) is 27.7 Å². The van der Waals surface area contributed by atoms with Crippen molar-refractivity contribution in [2.45, 2.75) is 76.2 Å². The summed E-state index contributed by atoms with van der Waals surface area (Å²) in [5.41, 5.74) is -1.04. The zero-order valence-electron chi connectivity index (χ0n) is 19.7. The molecule has 0 N–H and O–H groups in total. The van der Waals surface area contributed by atoms with E-state index in [9.17, 15) is 0 Å². The Morgan fingerprint density at radius 3 is 0.946 bits per heavy atom. The number of benzene rings is 2. The lowest BCUT2D eigenvalue weighted by molar-refractivity contribution is -0.0917. The van der Waals surface area contributed by atoms with Crippen LogP contribution >= 0.6 is 116 Å². The highest BCUT2D eigenvalue weighted by atomic mass is 35.5. The van der Waals surface area contributed by atoms with Gasteiger partial charge in [-0.05, 0) is 26.7 Å². The van der Waals surface area contributed by atoms with Crippen LogP contribution in [0.4, 0.5) is 0 Å². The third-order valence-electron chi connectivity index (χ3n) is 7.33. The van der Waals surface area contributed by atoms with Crippen molar-refractivity contribution in [1.29, 1.82) is 0 Å². The van der Waals surface area contributed by atoms with Gasteiger partial charge in [0.1, 0.15) is 23.4 Å². The fraction of sp³-hybridized carbons (Fsp3) is 0.500. The first-order valence-corrected chi connectivity index (χ1v) is 15.0. The van der Waals surface area contributed by atoms with E-state index < -0.39 is 23.4 Å². The number of ether oxygens (including phenoxy) is 3. The van der Waals surface area contributed by atoms with Crippen LogP contribution in [0, 0.1) is 0 Å². The summed E-state index contributed by atoms with van der Waals surface area (Å²) in [7, 11) is 0. The van der Waals surface area contributed by atoms with E-state index in [4.69, 9.17) is 130 Å². The lowest BCUT2D eigenvalue weighted by Crippen LogP contribution is -2.34. The van der Waals surface area contributed by atoms with Gasteiger partial charge < -0.3 is 14.2 Å². The van der Waals surface area contributed by atoms with Crippen molar-refractivity contribution in [2.75, 3.05) is 0 Å². The highest BCUT2D eigenvalue weighted by molar-refractivity contribution is 6.56. The smallest absolute Gasteiger partial charge is 0.125 e. The maximum atomic E-state index is 6.91. The summed E-state index contributed by atoms with van der Waals surface area (Å²) in [6.45, 7) is 7.74. The summed E-state index contributed by atoms with van der Waals surface area (Å²) < 4.78 is 19.1. The van der Waals surface area contributed by atoms with Gasteiger partial charge in [0.25, 0.3) is 0 Å². The highest BCUT2D eigenvalue weighted by Gasteiger charge is 2.65. The van der Waals surface area contributed by atoms with Crippen LogP contribution in [-0.2, 0) is 14.2 Å². The Bertz CT molecular complexity index is 1110. The monoisotopic (exact) mass is 706 g/mol. The first-order valence-electron chi connectivity index (χ1n) is 11.2. The van der Waals surface area contributed by atoms with Gasteiger partial charge in [-0.3, -0.25) is 0 Å². The van der Waals surface area contributed by atoms with E-state index in [1.165, 1.54) is 0 Å². The second kappa shape index (κ2) is 11.1. The van der Waals surface area contributed by atoms with Gasteiger partial charge in [-0.15, -0.1) is 0 Å². The first kappa shape index (κ1) is 31.2. The van der Waals surface area contributed by atoms with E-state index in [0.717, 1.165) is 0 Å². The third kappa shape index (κ3) is 4.88. The van der Waals surface area contributed by atoms with E-state index in [0.29, 0.717) is 24.0 Å². The van der Waals surface area contributed by atoms with Crippen molar-refractivity contribution in [1.82, 2.24) is 0 Å². The van der Waals surface area contributed by atoms with Gasteiger partial charge in [0.15, 0.2) is 0 Å². The van der Waals surface area contributed by atoms with Crippen molar-refractivity contribution >= 4 is 116 Å². The van der Waals surface area contributed by atoms with Crippen LogP contribution < -0.4 is 0 Å². The molecule has 6 atom stereocenters. The third-order valence-corrected chi connectivity index (χ3v) is 11.9. The number of halogens is 10. The molecule has 4 rings (SSSR count). The van der Waals surface area contributed by atoms with Crippen molar-refractivity contribution < 1.29 is 14.2 Å². The zero-order chi connectivity index (χ0) is 27.8. The SMILES string of the molecule is CCC1(C(OC(c2c(Cl)c(Cl)c(Cl)c(Cl)c2Cl)C2(CC)OC2C)c2c(Cl)c(Cl)c(Cl)c(Cl)c2Cl)OC1C. The standard InChI is InChI=1S/C24H20Cl10O3/c1-5-23(7(3)36-23)21(9-11(25)15(29)19(33)16(30)12(9)26)35-22(24(6-2)8(4)37-24)10-13(27)17(31)20(34)18(32)14(10)28/h7-8,21-22H,5-6H2,1-4H3. The molecule has 13 heteroatoms. The fourth-order valence-corrected chi connectivity index (χ4v) is 7.65. The van der Waals surface area contributed by atoms with E-state index in [-0.39, 0.29) is 62.4 Å². The Morgan fingerprint density at radius 1 is 0.541 bits per heavy atom. The van der Waals surface area contributed by atoms with Crippen LogP contribution in [0.5, 0.6) is 0 Å². The molecule has 2 aliphatic rings. The maximum Gasteiger partial charge on any atom is 0.125 e. The summed E-state index contributed by atoms with van der Waals surface area (Å²) >= 11 is 65.3. The second-order valence-electron chi connectivity index (χ2n) is 9.00. The fourth-order valence-electron chi connectivity index (χ4n) is 4.95. The largest absolute Gasteiger partial charge is 0.363 e. The number of rotatable bonds is 8. The quantitative estimate of drug-likeness (QED) is 0.155. The molecule has 2 fully saturated rings. The molecule has 0 bridgehead atoms. The van der Waals surface area contributed by atoms with Gasteiger partial charge in [0.05, 0.1) is 62.4 Å². The molecule has 204 valence electrons. The van der Waals surface area contributed by atoms with Crippen molar-refractivity contribution in [2.24, 2.45) is 0 Å². The molecule has 2 aliphatic heterocycles. The summed E-state index contributed by atoms with van der Waals surface area (Å²) in [5.74, 6) is 0. The number of hydrogen-bond donors (Lipinski definition) is 0. The average Bonchev–Trinajstić information content (AvgIpc) is 3.76. The minimum absolute atomic E-state index is 0.0271. The Morgan fingerprint density at radius 2 is 0.757 bits per heavy atom. The molecule has 3 nitrogen and oxygen atoms in total. The minimum atomic E-state index is -0.898. The molecule has 0 radical (unpaired) electrons. The maximum absolute atomic E-state index is 6.91. The number of hydrogen-bond acceptors (Lipinski definition) is 3. The topological polar surface area (TPSA) is 34.3 Å². The van der Waals surface area contributed by atoms with Crippen molar-refractivity contribution in [3.05, 3.63) is 61.4 Å². The predicted octanol–water partition coefficient (Wildman–Crippen LogP) is 12.2. The average molecular weight is 711 g/mol. The molecule has 2 heterocycles.